The number of anilines is 1. The molecule has 26 heavy (non-hydrogen) atoms. The summed E-state index contributed by atoms with van der Waals surface area (Å²) >= 11 is 0. The van der Waals surface area contributed by atoms with Crippen LogP contribution in [0.25, 0.3) is 22.6 Å². The average Bonchev–Trinajstić information content (AvgIpc) is 3.23. The maximum atomic E-state index is 12.7. The topological polar surface area (TPSA) is 46.3 Å². The molecule has 0 bridgehead atoms. The van der Waals surface area contributed by atoms with Gasteiger partial charge in [-0.2, -0.15) is 0 Å². The lowest BCUT2D eigenvalue weighted by atomic mass is 10.1. The number of aryl methyl sites for hydroxylation is 1. The lowest BCUT2D eigenvalue weighted by Crippen LogP contribution is -2.22. The van der Waals surface area contributed by atoms with Gasteiger partial charge in [0, 0.05) is 16.8 Å². The van der Waals surface area contributed by atoms with Crippen molar-refractivity contribution in [1.82, 2.24) is 4.98 Å². The molecule has 4 nitrogen and oxygen atoms in total. The molecule has 0 fully saturated rings. The number of oxazole rings is 1. The first-order valence-electron chi connectivity index (χ1n) is 8.56. The van der Waals surface area contributed by atoms with Gasteiger partial charge in [-0.25, -0.2) is 4.98 Å². The Kier molecular flexibility index (Phi) is 3.19. The van der Waals surface area contributed by atoms with E-state index in [0.29, 0.717) is 18.0 Å². The SMILES string of the molecule is Cc1ccc(-c2nc3cc(N4Cc5ccccc5C4=O)ccc3o2)cc1. The summed E-state index contributed by atoms with van der Waals surface area (Å²) in [7, 11) is 0. The van der Waals surface area contributed by atoms with Crippen molar-refractivity contribution in [2.45, 2.75) is 13.5 Å². The standard InChI is InChI=1S/C22H16N2O2/c1-14-6-8-15(9-7-14)21-23-19-12-17(10-11-20(19)26-21)24-13-16-4-2-3-5-18(16)22(24)25/h2-12H,13H2,1H3. The first-order valence-corrected chi connectivity index (χ1v) is 8.56. The van der Waals surface area contributed by atoms with E-state index < -0.39 is 0 Å². The molecule has 0 N–H and O–H groups in total. The Morgan fingerprint density at radius 3 is 2.62 bits per heavy atom. The fourth-order valence-corrected chi connectivity index (χ4v) is 3.37. The fourth-order valence-electron chi connectivity index (χ4n) is 3.37. The normalized spacial score (nSPS) is 13.4. The average molecular weight is 340 g/mol. The zero-order chi connectivity index (χ0) is 17.7. The van der Waals surface area contributed by atoms with E-state index in [4.69, 9.17) is 4.42 Å². The van der Waals surface area contributed by atoms with Gasteiger partial charge in [0.05, 0.1) is 6.54 Å². The van der Waals surface area contributed by atoms with Crippen molar-refractivity contribution >= 4 is 22.7 Å². The van der Waals surface area contributed by atoms with Crippen molar-refractivity contribution in [3.05, 3.63) is 83.4 Å². The summed E-state index contributed by atoms with van der Waals surface area (Å²) < 4.78 is 5.89. The lowest BCUT2D eigenvalue weighted by molar-refractivity contribution is 0.0996. The largest absolute Gasteiger partial charge is 0.436 e. The molecule has 1 aliphatic heterocycles. The minimum Gasteiger partial charge on any atom is -0.436 e. The molecule has 4 aromatic rings. The van der Waals surface area contributed by atoms with E-state index >= 15 is 0 Å². The van der Waals surface area contributed by atoms with Gasteiger partial charge in [-0.15, -0.1) is 0 Å². The van der Waals surface area contributed by atoms with Gasteiger partial charge < -0.3 is 9.32 Å². The van der Waals surface area contributed by atoms with Crippen molar-refractivity contribution in [2.75, 3.05) is 4.90 Å². The molecule has 0 atom stereocenters. The van der Waals surface area contributed by atoms with Gasteiger partial charge in [0.15, 0.2) is 5.58 Å². The van der Waals surface area contributed by atoms with Crippen molar-refractivity contribution in [3.63, 3.8) is 0 Å². The quantitative estimate of drug-likeness (QED) is 0.518. The molecule has 0 saturated carbocycles. The number of benzene rings is 3. The highest BCUT2D eigenvalue weighted by Gasteiger charge is 2.28. The van der Waals surface area contributed by atoms with E-state index in [1.54, 1.807) is 4.90 Å². The van der Waals surface area contributed by atoms with Crippen LogP contribution in [0.1, 0.15) is 21.5 Å². The molecule has 0 radical (unpaired) electrons. The summed E-state index contributed by atoms with van der Waals surface area (Å²) in [6.45, 7) is 2.64. The van der Waals surface area contributed by atoms with Gasteiger partial charge in [0.2, 0.25) is 5.89 Å². The Bertz CT molecular complexity index is 1140. The minimum atomic E-state index is 0.0298. The minimum absolute atomic E-state index is 0.0298. The molecular weight excluding hydrogens is 324 g/mol. The highest BCUT2D eigenvalue weighted by atomic mass is 16.3. The molecule has 1 aromatic heterocycles. The van der Waals surface area contributed by atoms with Crippen molar-refractivity contribution in [3.8, 4) is 11.5 Å². The van der Waals surface area contributed by atoms with Gasteiger partial charge in [0.1, 0.15) is 5.52 Å². The number of nitrogens with zero attached hydrogens (tertiary/aromatic N) is 2. The maximum absolute atomic E-state index is 12.7. The Labute approximate surface area is 150 Å². The van der Waals surface area contributed by atoms with E-state index in [2.05, 4.69) is 4.98 Å². The number of aromatic nitrogens is 1. The third-order valence-electron chi connectivity index (χ3n) is 4.80. The Balaban J connectivity index is 1.53. The number of amides is 1. The van der Waals surface area contributed by atoms with Crippen LogP contribution in [0.5, 0.6) is 0 Å². The molecular formula is C22H16N2O2. The van der Waals surface area contributed by atoms with Crippen LogP contribution < -0.4 is 4.90 Å². The number of carbonyl (C=O) groups is 1. The summed E-state index contributed by atoms with van der Waals surface area (Å²) in [6.07, 6.45) is 0. The van der Waals surface area contributed by atoms with Gasteiger partial charge in [-0.05, 0) is 48.9 Å². The smallest absolute Gasteiger partial charge is 0.258 e. The summed E-state index contributed by atoms with van der Waals surface area (Å²) in [4.78, 5) is 19.1. The Morgan fingerprint density at radius 1 is 1.00 bits per heavy atom. The van der Waals surface area contributed by atoms with Crippen molar-refractivity contribution < 1.29 is 9.21 Å². The summed E-state index contributed by atoms with van der Waals surface area (Å²) in [5.74, 6) is 0.621. The molecule has 0 aliphatic carbocycles. The van der Waals surface area contributed by atoms with Gasteiger partial charge >= 0.3 is 0 Å². The fraction of sp³-hybridized carbons (Fsp3) is 0.0909. The number of rotatable bonds is 2. The second kappa shape index (κ2) is 5.56. The van der Waals surface area contributed by atoms with Crippen molar-refractivity contribution in [2.24, 2.45) is 0 Å². The first kappa shape index (κ1) is 14.9. The molecule has 1 aliphatic rings. The maximum Gasteiger partial charge on any atom is 0.258 e. The molecule has 0 saturated heterocycles. The van der Waals surface area contributed by atoms with Crippen LogP contribution in [0, 0.1) is 6.92 Å². The highest BCUT2D eigenvalue weighted by Crippen LogP contribution is 2.32. The molecule has 4 heteroatoms. The molecule has 3 aromatic carbocycles. The number of hydrogen-bond donors (Lipinski definition) is 0. The van der Waals surface area contributed by atoms with Gasteiger partial charge in [0.25, 0.3) is 5.91 Å². The summed E-state index contributed by atoms with van der Waals surface area (Å²) in [5, 5.41) is 0. The van der Waals surface area contributed by atoms with Crippen LogP contribution in [0.3, 0.4) is 0 Å². The zero-order valence-electron chi connectivity index (χ0n) is 14.3. The molecule has 2 heterocycles. The highest BCUT2D eigenvalue weighted by molar-refractivity contribution is 6.10. The lowest BCUT2D eigenvalue weighted by Gasteiger charge is -2.15. The monoisotopic (exact) mass is 340 g/mol. The van der Waals surface area contributed by atoms with E-state index in [1.165, 1.54) is 5.56 Å². The van der Waals surface area contributed by atoms with Crippen molar-refractivity contribution in [1.29, 1.82) is 0 Å². The van der Waals surface area contributed by atoms with Crippen LogP contribution in [0.4, 0.5) is 5.69 Å². The van der Waals surface area contributed by atoms with E-state index in [0.717, 1.165) is 27.9 Å². The molecule has 5 rings (SSSR count). The Morgan fingerprint density at radius 2 is 1.81 bits per heavy atom. The Hall–Kier alpha value is -3.40. The number of fused-ring (bicyclic) bond motifs is 2. The molecule has 1 amide bonds. The predicted molar refractivity (Wildman–Crippen MR) is 101 cm³/mol. The molecule has 0 spiro atoms. The number of hydrogen-bond acceptors (Lipinski definition) is 3. The first-order chi connectivity index (χ1) is 12.7. The molecule has 126 valence electrons. The van der Waals surface area contributed by atoms with Gasteiger partial charge in [-0.3, -0.25) is 4.79 Å². The number of carbonyl (C=O) groups excluding carboxylic acids is 1. The summed E-state index contributed by atoms with van der Waals surface area (Å²) in [5.41, 5.74) is 6.27. The molecule has 0 unspecified atom stereocenters. The zero-order valence-corrected chi connectivity index (χ0v) is 14.3. The van der Waals surface area contributed by atoms with Crippen LogP contribution in [0.2, 0.25) is 0 Å². The van der Waals surface area contributed by atoms with Crippen LogP contribution in [-0.4, -0.2) is 10.9 Å². The second-order valence-corrected chi connectivity index (χ2v) is 6.59. The van der Waals surface area contributed by atoms with Crippen LogP contribution >= 0.6 is 0 Å². The van der Waals surface area contributed by atoms with E-state index in [9.17, 15) is 4.79 Å². The predicted octanol–water partition coefficient (Wildman–Crippen LogP) is 4.96. The second-order valence-electron chi connectivity index (χ2n) is 6.59. The summed E-state index contributed by atoms with van der Waals surface area (Å²) in [6, 6.07) is 21.5. The van der Waals surface area contributed by atoms with Crippen LogP contribution in [0.15, 0.2) is 71.1 Å². The van der Waals surface area contributed by atoms with E-state index in [-0.39, 0.29) is 5.91 Å². The third kappa shape index (κ3) is 2.30. The van der Waals surface area contributed by atoms with E-state index in [1.807, 2.05) is 73.7 Å². The van der Waals surface area contributed by atoms with Gasteiger partial charge in [-0.1, -0.05) is 35.9 Å². The van der Waals surface area contributed by atoms with Crippen LogP contribution in [-0.2, 0) is 6.54 Å². The third-order valence-corrected chi connectivity index (χ3v) is 4.80.